The van der Waals surface area contributed by atoms with Crippen LogP contribution >= 0.6 is 0 Å². The van der Waals surface area contributed by atoms with Crippen LogP contribution in [0.3, 0.4) is 0 Å². The number of carbonyl (C=O) groups is 1. The molecule has 0 aromatic carbocycles. The van der Waals surface area contributed by atoms with Crippen molar-refractivity contribution in [2.24, 2.45) is 17.5 Å². The summed E-state index contributed by atoms with van der Waals surface area (Å²) in [5.74, 6) is 8.01. The molecule has 0 radical (unpaired) electrons. The van der Waals surface area contributed by atoms with E-state index in [1.165, 1.54) is 0 Å². The number of aromatic nitrogens is 2. The predicted molar refractivity (Wildman–Crippen MR) is 82.6 cm³/mol. The van der Waals surface area contributed by atoms with Crippen LogP contribution in [0.1, 0.15) is 38.4 Å². The minimum Gasteiger partial charge on any atom is -0.370 e. The van der Waals surface area contributed by atoms with Crippen LogP contribution in [0.4, 0.5) is 11.6 Å². The number of rotatable bonds is 6. The molecule has 1 fully saturated rings. The van der Waals surface area contributed by atoms with Gasteiger partial charge in [0, 0.05) is 32.0 Å². The number of nitrogens with one attached hydrogen (secondary N) is 1. The molecule has 0 unspecified atom stereocenters. The number of nitrogens with two attached hydrogens (primary N) is 2. The van der Waals surface area contributed by atoms with Gasteiger partial charge in [0.2, 0.25) is 5.91 Å². The third-order valence-electron chi connectivity index (χ3n) is 3.81. The van der Waals surface area contributed by atoms with Crippen LogP contribution in [0, 0.1) is 5.92 Å². The molecule has 0 spiro atoms. The van der Waals surface area contributed by atoms with E-state index in [1.54, 1.807) is 0 Å². The summed E-state index contributed by atoms with van der Waals surface area (Å²) in [6, 6.07) is 1.87. The highest BCUT2D eigenvalue weighted by Crippen LogP contribution is 2.25. The van der Waals surface area contributed by atoms with Crippen molar-refractivity contribution in [2.45, 2.75) is 39.0 Å². The van der Waals surface area contributed by atoms with Crippen LogP contribution in [0.2, 0.25) is 0 Å². The number of carbonyl (C=O) groups excluding carboxylic acids is 1. The third kappa shape index (κ3) is 4.29. The molecule has 0 atom stereocenters. The van der Waals surface area contributed by atoms with E-state index in [2.05, 4.69) is 27.2 Å². The number of amides is 1. The highest BCUT2D eigenvalue weighted by Gasteiger charge is 2.22. The number of piperidine rings is 1. The molecule has 0 saturated carbocycles. The number of hydrazine groups is 1. The lowest BCUT2D eigenvalue weighted by Crippen LogP contribution is -2.35. The molecule has 1 amide bonds. The Bertz CT molecular complexity index is 484. The van der Waals surface area contributed by atoms with Gasteiger partial charge in [-0.1, -0.05) is 6.92 Å². The van der Waals surface area contributed by atoms with Gasteiger partial charge in [0.05, 0.1) is 0 Å². The van der Waals surface area contributed by atoms with Crippen molar-refractivity contribution in [1.29, 1.82) is 0 Å². The van der Waals surface area contributed by atoms with Crippen LogP contribution < -0.4 is 21.9 Å². The summed E-state index contributed by atoms with van der Waals surface area (Å²) in [4.78, 5) is 22.2. The van der Waals surface area contributed by atoms with E-state index >= 15 is 0 Å². The minimum atomic E-state index is -0.213. The summed E-state index contributed by atoms with van der Waals surface area (Å²) in [6.45, 7) is 3.86. The van der Waals surface area contributed by atoms with Crippen LogP contribution in [0.5, 0.6) is 0 Å². The van der Waals surface area contributed by atoms with Crippen molar-refractivity contribution in [3.8, 4) is 0 Å². The average molecular weight is 292 g/mol. The van der Waals surface area contributed by atoms with Gasteiger partial charge in [-0.15, -0.1) is 0 Å². The molecule has 2 rings (SSSR count). The summed E-state index contributed by atoms with van der Waals surface area (Å²) in [5, 5.41) is 0. The Labute approximate surface area is 125 Å². The predicted octanol–water partition coefficient (Wildman–Crippen LogP) is 0.807. The normalized spacial score (nSPS) is 16.0. The topological polar surface area (TPSA) is 110 Å². The van der Waals surface area contributed by atoms with Gasteiger partial charge < -0.3 is 16.1 Å². The first kappa shape index (κ1) is 15.5. The summed E-state index contributed by atoms with van der Waals surface area (Å²) in [5.41, 5.74) is 7.87. The zero-order valence-corrected chi connectivity index (χ0v) is 12.5. The molecule has 5 N–H and O–H groups in total. The largest absolute Gasteiger partial charge is 0.370 e. The molecule has 1 aromatic heterocycles. The second-order valence-electron chi connectivity index (χ2n) is 5.52. The summed E-state index contributed by atoms with van der Waals surface area (Å²) < 4.78 is 0. The molecular weight excluding hydrogens is 268 g/mol. The monoisotopic (exact) mass is 292 g/mol. The van der Waals surface area contributed by atoms with E-state index in [0.717, 1.165) is 50.4 Å². The number of hydrogen-bond acceptors (Lipinski definition) is 6. The standard InChI is InChI=1S/C14H24N6O/c1-2-3-12-17-13(19-16)9-14(18-12)20-6-4-10(5-7-20)8-11(15)21/h9-10H,2-8,16H2,1H3,(H2,15,21)(H,17,18,19). The number of primary amides is 1. The maximum atomic E-state index is 11.0. The van der Waals surface area contributed by atoms with Gasteiger partial charge >= 0.3 is 0 Å². The van der Waals surface area contributed by atoms with Crippen LogP contribution in [0.25, 0.3) is 0 Å². The van der Waals surface area contributed by atoms with Gasteiger partial charge in [0.1, 0.15) is 17.5 Å². The number of anilines is 2. The van der Waals surface area contributed by atoms with E-state index < -0.39 is 0 Å². The molecular formula is C14H24N6O. The smallest absolute Gasteiger partial charge is 0.217 e. The second kappa shape index (κ2) is 7.21. The van der Waals surface area contributed by atoms with Crippen molar-refractivity contribution in [3.63, 3.8) is 0 Å². The Morgan fingerprint density at radius 1 is 1.43 bits per heavy atom. The van der Waals surface area contributed by atoms with E-state index in [9.17, 15) is 4.79 Å². The quantitative estimate of drug-likeness (QED) is 0.528. The average Bonchev–Trinajstić information content (AvgIpc) is 2.47. The highest BCUT2D eigenvalue weighted by molar-refractivity contribution is 5.74. The molecule has 0 aliphatic carbocycles. The first-order valence-electron chi connectivity index (χ1n) is 7.50. The minimum absolute atomic E-state index is 0.213. The van der Waals surface area contributed by atoms with Crippen molar-refractivity contribution in [1.82, 2.24) is 9.97 Å². The fourth-order valence-electron chi connectivity index (χ4n) is 2.71. The Kier molecular flexibility index (Phi) is 5.32. The van der Waals surface area contributed by atoms with Gasteiger partial charge in [0.15, 0.2) is 0 Å². The molecule has 0 bridgehead atoms. The molecule has 7 nitrogen and oxygen atoms in total. The number of nitrogen functional groups attached to an aromatic ring is 1. The van der Waals surface area contributed by atoms with Gasteiger partial charge in [0.25, 0.3) is 0 Å². The third-order valence-corrected chi connectivity index (χ3v) is 3.81. The zero-order chi connectivity index (χ0) is 15.2. The van der Waals surface area contributed by atoms with Crippen LogP contribution in [-0.2, 0) is 11.2 Å². The molecule has 116 valence electrons. The Hall–Kier alpha value is -1.89. The lowest BCUT2D eigenvalue weighted by Gasteiger charge is -2.32. The number of hydrogen-bond donors (Lipinski definition) is 3. The summed E-state index contributed by atoms with van der Waals surface area (Å²) in [6.07, 6.45) is 4.23. The van der Waals surface area contributed by atoms with Crippen LogP contribution in [-0.4, -0.2) is 29.0 Å². The van der Waals surface area contributed by atoms with Gasteiger partial charge in [-0.3, -0.25) is 4.79 Å². The fraction of sp³-hybridized carbons (Fsp3) is 0.643. The van der Waals surface area contributed by atoms with Crippen molar-refractivity contribution < 1.29 is 4.79 Å². The summed E-state index contributed by atoms with van der Waals surface area (Å²) in [7, 11) is 0. The lowest BCUT2D eigenvalue weighted by atomic mass is 9.93. The summed E-state index contributed by atoms with van der Waals surface area (Å²) >= 11 is 0. The number of nitrogens with zero attached hydrogens (tertiary/aromatic N) is 3. The first-order valence-corrected chi connectivity index (χ1v) is 7.50. The molecule has 21 heavy (non-hydrogen) atoms. The molecule has 1 aliphatic rings. The van der Waals surface area contributed by atoms with Gasteiger partial charge in [-0.05, 0) is 25.2 Å². The Morgan fingerprint density at radius 3 is 2.71 bits per heavy atom. The van der Waals surface area contributed by atoms with Crippen molar-refractivity contribution in [3.05, 3.63) is 11.9 Å². The molecule has 1 saturated heterocycles. The Morgan fingerprint density at radius 2 is 2.14 bits per heavy atom. The molecule has 7 heteroatoms. The van der Waals surface area contributed by atoms with Crippen LogP contribution in [0.15, 0.2) is 6.07 Å². The zero-order valence-electron chi connectivity index (χ0n) is 12.5. The van der Waals surface area contributed by atoms with Gasteiger partial charge in [-0.25, -0.2) is 15.8 Å². The van der Waals surface area contributed by atoms with E-state index in [0.29, 0.717) is 18.2 Å². The SMILES string of the molecule is CCCc1nc(NN)cc(N2CCC(CC(N)=O)CC2)n1. The highest BCUT2D eigenvalue weighted by atomic mass is 16.1. The van der Waals surface area contributed by atoms with E-state index in [-0.39, 0.29) is 5.91 Å². The van der Waals surface area contributed by atoms with E-state index in [4.69, 9.17) is 11.6 Å². The molecule has 2 heterocycles. The maximum absolute atomic E-state index is 11.0. The van der Waals surface area contributed by atoms with Gasteiger partial charge in [-0.2, -0.15) is 0 Å². The first-order chi connectivity index (χ1) is 10.1. The fourth-order valence-corrected chi connectivity index (χ4v) is 2.71. The Balaban J connectivity index is 2.05. The molecule has 1 aliphatic heterocycles. The lowest BCUT2D eigenvalue weighted by molar-refractivity contribution is -0.119. The van der Waals surface area contributed by atoms with Crippen molar-refractivity contribution >= 4 is 17.5 Å². The van der Waals surface area contributed by atoms with E-state index in [1.807, 2.05) is 6.07 Å². The second-order valence-corrected chi connectivity index (χ2v) is 5.52. The maximum Gasteiger partial charge on any atom is 0.217 e. The molecule has 1 aromatic rings. The van der Waals surface area contributed by atoms with Crippen molar-refractivity contribution in [2.75, 3.05) is 23.4 Å². The number of aryl methyl sites for hydroxylation is 1.